The van der Waals surface area contributed by atoms with Gasteiger partial charge in [-0.2, -0.15) is 0 Å². The number of aliphatic hydroxyl groups is 1. The molecule has 0 amide bonds. The van der Waals surface area contributed by atoms with Crippen molar-refractivity contribution in [2.45, 2.75) is 37.8 Å². The number of aliphatic hydroxyl groups excluding tert-OH is 1. The van der Waals surface area contributed by atoms with E-state index in [9.17, 15) is 5.11 Å². The van der Waals surface area contributed by atoms with Gasteiger partial charge in [0.05, 0.1) is 20.3 Å². The number of nitrogens with one attached hydrogen (secondary N) is 1. The minimum Gasteiger partial charge on any atom is -0.497 e. The highest BCUT2D eigenvalue weighted by Crippen LogP contribution is 2.32. The average molecular weight is 265 g/mol. The van der Waals surface area contributed by atoms with Crippen molar-refractivity contribution in [2.24, 2.45) is 0 Å². The third-order valence-electron chi connectivity index (χ3n) is 3.72. The SMILES string of the molecule is COc1ccc(OC)c(C(O)CC2CCCCN2)c1. The highest BCUT2D eigenvalue weighted by atomic mass is 16.5. The van der Waals surface area contributed by atoms with Gasteiger partial charge in [0, 0.05) is 11.6 Å². The van der Waals surface area contributed by atoms with Crippen LogP contribution in [-0.2, 0) is 0 Å². The summed E-state index contributed by atoms with van der Waals surface area (Å²) >= 11 is 0. The number of rotatable bonds is 5. The first-order chi connectivity index (χ1) is 9.24. The maximum atomic E-state index is 10.4. The molecule has 1 aliphatic heterocycles. The smallest absolute Gasteiger partial charge is 0.124 e. The highest BCUT2D eigenvalue weighted by molar-refractivity contribution is 5.41. The zero-order chi connectivity index (χ0) is 13.7. The van der Waals surface area contributed by atoms with Crippen LogP contribution in [0.25, 0.3) is 0 Å². The number of piperidine rings is 1. The molecule has 2 unspecified atom stereocenters. The molecule has 0 saturated carbocycles. The first-order valence-corrected chi connectivity index (χ1v) is 6.88. The summed E-state index contributed by atoms with van der Waals surface area (Å²) in [4.78, 5) is 0. The molecule has 0 aliphatic carbocycles. The summed E-state index contributed by atoms with van der Waals surface area (Å²) in [5.41, 5.74) is 0.800. The Morgan fingerprint density at radius 3 is 2.79 bits per heavy atom. The highest BCUT2D eigenvalue weighted by Gasteiger charge is 2.21. The van der Waals surface area contributed by atoms with Crippen LogP contribution < -0.4 is 14.8 Å². The summed E-state index contributed by atoms with van der Waals surface area (Å²) in [6, 6.07) is 5.92. The zero-order valence-corrected chi connectivity index (χ0v) is 11.7. The van der Waals surface area contributed by atoms with Crippen LogP contribution in [0.5, 0.6) is 11.5 Å². The summed E-state index contributed by atoms with van der Waals surface area (Å²) < 4.78 is 10.5. The van der Waals surface area contributed by atoms with Crippen molar-refractivity contribution in [1.82, 2.24) is 5.32 Å². The van der Waals surface area contributed by atoms with Gasteiger partial charge < -0.3 is 19.9 Å². The molecule has 1 heterocycles. The molecule has 106 valence electrons. The molecule has 1 fully saturated rings. The maximum absolute atomic E-state index is 10.4. The molecule has 4 heteroatoms. The van der Waals surface area contributed by atoms with E-state index in [-0.39, 0.29) is 0 Å². The Balaban J connectivity index is 2.09. The average Bonchev–Trinajstić information content (AvgIpc) is 2.47. The lowest BCUT2D eigenvalue weighted by molar-refractivity contribution is 0.141. The molecule has 0 bridgehead atoms. The minimum absolute atomic E-state index is 0.389. The van der Waals surface area contributed by atoms with Gasteiger partial charge in [-0.25, -0.2) is 0 Å². The van der Waals surface area contributed by atoms with Gasteiger partial charge >= 0.3 is 0 Å². The third-order valence-corrected chi connectivity index (χ3v) is 3.72. The monoisotopic (exact) mass is 265 g/mol. The molecule has 19 heavy (non-hydrogen) atoms. The van der Waals surface area contributed by atoms with E-state index in [1.54, 1.807) is 14.2 Å². The first kappa shape index (κ1) is 14.2. The standard InChI is InChI=1S/C15H23NO3/c1-18-12-6-7-15(19-2)13(10-12)14(17)9-11-5-3-4-8-16-11/h6-7,10-11,14,16-17H,3-5,8-9H2,1-2H3. The first-order valence-electron chi connectivity index (χ1n) is 6.88. The number of ether oxygens (including phenoxy) is 2. The number of hydrogen-bond donors (Lipinski definition) is 2. The molecule has 0 spiro atoms. The van der Waals surface area contributed by atoms with Crippen molar-refractivity contribution < 1.29 is 14.6 Å². The van der Waals surface area contributed by atoms with E-state index in [0.29, 0.717) is 18.2 Å². The van der Waals surface area contributed by atoms with Gasteiger partial charge in [-0.1, -0.05) is 6.42 Å². The van der Waals surface area contributed by atoms with Crippen LogP contribution >= 0.6 is 0 Å². The fourth-order valence-electron chi connectivity index (χ4n) is 2.62. The van der Waals surface area contributed by atoms with Crippen LogP contribution in [0, 0.1) is 0 Å². The second kappa shape index (κ2) is 6.78. The Morgan fingerprint density at radius 2 is 2.16 bits per heavy atom. The molecule has 4 nitrogen and oxygen atoms in total. The summed E-state index contributed by atoms with van der Waals surface area (Å²) in [5.74, 6) is 1.45. The topological polar surface area (TPSA) is 50.7 Å². The van der Waals surface area contributed by atoms with E-state index < -0.39 is 6.10 Å². The summed E-state index contributed by atoms with van der Waals surface area (Å²) in [6.45, 7) is 1.05. The second-order valence-corrected chi connectivity index (χ2v) is 5.01. The van der Waals surface area contributed by atoms with Gasteiger partial charge in [0.1, 0.15) is 11.5 Å². The Hall–Kier alpha value is -1.26. The van der Waals surface area contributed by atoms with Gasteiger partial charge in [0.2, 0.25) is 0 Å². The lowest BCUT2D eigenvalue weighted by Crippen LogP contribution is -2.35. The van der Waals surface area contributed by atoms with Gasteiger partial charge in [-0.3, -0.25) is 0 Å². The van der Waals surface area contributed by atoms with Crippen molar-refractivity contribution in [2.75, 3.05) is 20.8 Å². The summed E-state index contributed by atoms with van der Waals surface area (Å²) in [5, 5.41) is 13.9. The fraction of sp³-hybridized carbons (Fsp3) is 0.600. The molecule has 2 atom stereocenters. The number of methoxy groups -OCH3 is 2. The van der Waals surface area contributed by atoms with Crippen LogP contribution in [0.1, 0.15) is 37.4 Å². The Kier molecular flexibility index (Phi) is 5.05. The largest absolute Gasteiger partial charge is 0.497 e. The molecule has 0 aromatic heterocycles. The molecule has 1 aromatic carbocycles. The molecule has 1 aliphatic rings. The van der Waals surface area contributed by atoms with Crippen molar-refractivity contribution in [3.05, 3.63) is 23.8 Å². The molecule has 1 aromatic rings. The van der Waals surface area contributed by atoms with Crippen LogP contribution in [0.4, 0.5) is 0 Å². The van der Waals surface area contributed by atoms with Crippen molar-refractivity contribution in [3.8, 4) is 11.5 Å². The molecule has 1 saturated heterocycles. The number of benzene rings is 1. The zero-order valence-electron chi connectivity index (χ0n) is 11.7. The normalized spacial score (nSPS) is 20.9. The van der Waals surface area contributed by atoms with E-state index in [1.807, 2.05) is 18.2 Å². The van der Waals surface area contributed by atoms with Gasteiger partial charge in [0.15, 0.2) is 0 Å². The predicted octanol–water partition coefficient (Wildman–Crippen LogP) is 2.27. The molecule has 2 rings (SSSR count). The fourth-order valence-corrected chi connectivity index (χ4v) is 2.62. The lowest BCUT2D eigenvalue weighted by Gasteiger charge is -2.26. The Morgan fingerprint density at radius 1 is 1.32 bits per heavy atom. The quantitative estimate of drug-likeness (QED) is 0.857. The van der Waals surface area contributed by atoms with Crippen molar-refractivity contribution in [1.29, 1.82) is 0 Å². The predicted molar refractivity (Wildman–Crippen MR) is 74.8 cm³/mol. The van der Waals surface area contributed by atoms with Gasteiger partial charge in [-0.15, -0.1) is 0 Å². The van der Waals surface area contributed by atoms with E-state index in [4.69, 9.17) is 9.47 Å². The van der Waals surface area contributed by atoms with E-state index >= 15 is 0 Å². The summed E-state index contributed by atoms with van der Waals surface area (Å²) in [6.07, 6.45) is 3.78. The molecule has 2 N–H and O–H groups in total. The third kappa shape index (κ3) is 3.61. The minimum atomic E-state index is -0.527. The molecule has 0 radical (unpaired) electrons. The van der Waals surface area contributed by atoms with E-state index in [0.717, 1.165) is 24.3 Å². The van der Waals surface area contributed by atoms with Crippen LogP contribution in [0.3, 0.4) is 0 Å². The van der Waals surface area contributed by atoms with E-state index in [2.05, 4.69) is 5.32 Å². The second-order valence-electron chi connectivity index (χ2n) is 5.01. The van der Waals surface area contributed by atoms with Crippen molar-refractivity contribution in [3.63, 3.8) is 0 Å². The van der Waals surface area contributed by atoms with Crippen LogP contribution in [0.15, 0.2) is 18.2 Å². The number of hydrogen-bond acceptors (Lipinski definition) is 4. The molecular formula is C15H23NO3. The maximum Gasteiger partial charge on any atom is 0.124 e. The summed E-state index contributed by atoms with van der Waals surface area (Å²) in [7, 11) is 3.25. The van der Waals surface area contributed by atoms with Crippen molar-refractivity contribution >= 4 is 0 Å². The van der Waals surface area contributed by atoms with Gasteiger partial charge in [0.25, 0.3) is 0 Å². The van der Waals surface area contributed by atoms with Crippen LogP contribution in [-0.4, -0.2) is 31.9 Å². The lowest BCUT2D eigenvalue weighted by atomic mass is 9.95. The Bertz CT molecular complexity index is 402. The Labute approximate surface area is 114 Å². The molecular weight excluding hydrogens is 242 g/mol. The van der Waals surface area contributed by atoms with Gasteiger partial charge in [-0.05, 0) is 44.0 Å². The van der Waals surface area contributed by atoms with E-state index in [1.165, 1.54) is 12.8 Å². The van der Waals surface area contributed by atoms with Crippen LogP contribution in [0.2, 0.25) is 0 Å².